The lowest BCUT2D eigenvalue weighted by Gasteiger charge is -2.31. The molecule has 0 aromatic rings. The zero-order valence-corrected chi connectivity index (χ0v) is 9.19. The van der Waals surface area contributed by atoms with Crippen LogP contribution in [0.1, 0.15) is 12.8 Å². The van der Waals surface area contributed by atoms with Crippen molar-refractivity contribution in [2.24, 2.45) is 5.92 Å². The summed E-state index contributed by atoms with van der Waals surface area (Å²) in [5.41, 5.74) is 0. The fourth-order valence-electron chi connectivity index (χ4n) is 1.99. The van der Waals surface area contributed by atoms with Crippen LogP contribution in [0.2, 0.25) is 0 Å². The first-order valence-corrected chi connectivity index (χ1v) is 5.33. The number of carboxylic acids is 1. The van der Waals surface area contributed by atoms with Crippen LogP contribution in [-0.4, -0.2) is 49.3 Å². The Bertz CT molecular complexity index is 226. The molecule has 15 heavy (non-hydrogen) atoms. The van der Waals surface area contributed by atoms with E-state index >= 15 is 0 Å². The number of carbonyl (C=O) groups is 1. The van der Waals surface area contributed by atoms with E-state index in [2.05, 4.69) is 4.90 Å². The highest BCUT2D eigenvalue weighted by atomic mass is 16.5. The van der Waals surface area contributed by atoms with Crippen LogP contribution < -0.4 is 0 Å². The lowest BCUT2D eigenvalue weighted by molar-refractivity contribution is -0.131. The molecule has 1 fully saturated rings. The van der Waals surface area contributed by atoms with Crippen LogP contribution in [0.15, 0.2) is 12.2 Å². The highest BCUT2D eigenvalue weighted by Gasteiger charge is 2.18. The molecule has 1 N–H and O–H groups in total. The molecule has 1 aliphatic heterocycles. The molecule has 1 rings (SSSR count). The Morgan fingerprint density at radius 1 is 1.67 bits per heavy atom. The molecule has 0 aromatic heterocycles. The molecule has 4 heteroatoms. The van der Waals surface area contributed by atoms with Gasteiger partial charge in [-0.2, -0.15) is 0 Å². The maximum absolute atomic E-state index is 10.3. The zero-order valence-electron chi connectivity index (χ0n) is 9.19. The molecule has 0 aliphatic carbocycles. The number of rotatable bonds is 5. The highest BCUT2D eigenvalue weighted by Crippen LogP contribution is 2.16. The number of ether oxygens (including phenoxy) is 1. The quantitative estimate of drug-likeness (QED) is 0.692. The van der Waals surface area contributed by atoms with E-state index in [1.165, 1.54) is 18.9 Å². The minimum atomic E-state index is -0.875. The number of likely N-dealkylation sites (tertiary alicyclic amines) is 1. The molecule has 1 saturated heterocycles. The third-order valence-corrected chi connectivity index (χ3v) is 2.63. The van der Waals surface area contributed by atoms with Crippen LogP contribution >= 0.6 is 0 Å². The van der Waals surface area contributed by atoms with E-state index < -0.39 is 5.97 Å². The van der Waals surface area contributed by atoms with E-state index in [1.54, 1.807) is 13.2 Å². The first kappa shape index (κ1) is 12.2. The van der Waals surface area contributed by atoms with Gasteiger partial charge in [-0.05, 0) is 25.3 Å². The molecule has 0 spiro atoms. The smallest absolute Gasteiger partial charge is 0.328 e. The van der Waals surface area contributed by atoms with Crippen molar-refractivity contribution in [3.63, 3.8) is 0 Å². The predicted octanol–water partition coefficient (Wildman–Crippen LogP) is 0.986. The predicted molar refractivity (Wildman–Crippen MR) is 57.8 cm³/mol. The minimum Gasteiger partial charge on any atom is -0.478 e. The van der Waals surface area contributed by atoms with Crippen molar-refractivity contribution >= 4 is 5.97 Å². The highest BCUT2D eigenvalue weighted by molar-refractivity contribution is 5.79. The molecular weight excluding hydrogens is 194 g/mol. The largest absolute Gasteiger partial charge is 0.478 e. The second kappa shape index (κ2) is 6.58. The lowest BCUT2D eigenvalue weighted by atomic mass is 9.99. The molecule has 86 valence electrons. The average molecular weight is 213 g/mol. The van der Waals surface area contributed by atoms with Gasteiger partial charge in [0.05, 0.1) is 6.61 Å². The van der Waals surface area contributed by atoms with Gasteiger partial charge in [0, 0.05) is 26.3 Å². The van der Waals surface area contributed by atoms with Crippen molar-refractivity contribution in [1.82, 2.24) is 4.90 Å². The fraction of sp³-hybridized carbons (Fsp3) is 0.727. The number of methoxy groups -OCH3 is 1. The summed E-state index contributed by atoms with van der Waals surface area (Å²) in [6, 6.07) is 0. The summed E-state index contributed by atoms with van der Waals surface area (Å²) >= 11 is 0. The van der Waals surface area contributed by atoms with Gasteiger partial charge in [-0.3, -0.25) is 4.90 Å². The lowest BCUT2D eigenvalue weighted by Crippen LogP contribution is -2.37. The summed E-state index contributed by atoms with van der Waals surface area (Å²) in [4.78, 5) is 12.6. The molecule has 1 aliphatic rings. The van der Waals surface area contributed by atoms with Gasteiger partial charge in [0.1, 0.15) is 0 Å². The summed E-state index contributed by atoms with van der Waals surface area (Å²) < 4.78 is 5.13. The molecule has 0 radical (unpaired) electrons. The standard InChI is InChI=1S/C11H19NO3/c1-15-9-10-4-2-6-12(8-10)7-3-5-11(13)14/h3,5,10H,2,4,6-9H2,1H3,(H,13,14). The van der Waals surface area contributed by atoms with E-state index in [1.807, 2.05) is 0 Å². The summed E-state index contributed by atoms with van der Waals surface area (Å²) in [6.07, 6.45) is 5.30. The second-order valence-electron chi connectivity index (χ2n) is 3.96. The number of aliphatic carboxylic acids is 1. The van der Waals surface area contributed by atoms with E-state index in [0.29, 0.717) is 5.92 Å². The third-order valence-electron chi connectivity index (χ3n) is 2.63. The van der Waals surface area contributed by atoms with Crippen LogP contribution in [0.3, 0.4) is 0 Å². The number of hydrogen-bond donors (Lipinski definition) is 1. The van der Waals surface area contributed by atoms with Gasteiger partial charge < -0.3 is 9.84 Å². The molecule has 1 atom stereocenters. The van der Waals surface area contributed by atoms with Crippen LogP contribution in [0.4, 0.5) is 0 Å². The Balaban J connectivity index is 2.26. The molecule has 0 saturated carbocycles. The van der Waals surface area contributed by atoms with Crippen LogP contribution in [-0.2, 0) is 9.53 Å². The summed E-state index contributed by atoms with van der Waals surface area (Å²) in [6.45, 7) is 3.60. The summed E-state index contributed by atoms with van der Waals surface area (Å²) in [7, 11) is 1.73. The van der Waals surface area contributed by atoms with Crippen molar-refractivity contribution in [3.8, 4) is 0 Å². The number of nitrogens with zero attached hydrogens (tertiary/aromatic N) is 1. The molecule has 0 amide bonds. The van der Waals surface area contributed by atoms with Gasteiger partial charge in [-0.1, -0.05) is 6.08 Å². The second-order valence-corrected chi connectivity index (χ2v) is 3.96. The molecule has 0 aromatic carbocycles. The van der Waals surface area contributed by atoms with Crippen molar-refractivity contribution in [2.45, 2.75) is 12.8 Å². The molecule has 0 bridgehead atoms. The summed E-state index contributed by atoms with van der Waals surface area (Å²) in [5, 5.41) is 8.45. The van der Waals surface area contributed by atoms with Crippen molar-refractivity contribution in [2.75, 3.05) is 33.4 Å². The van der Waals surface area contributed by atoms with Gasteiger partial charge in [0.2, 0.25) is 0 Å². The van der Waals surface area contributed by atoms with Gasteiger partial charge in [-0.15, -0.1) is 0 Å². The molecular formula is C11H19NO3. The fourth-order valence-corrected chi connectivity index (χ4v) is 1.99. The minimum absolute atomic E-state index is 0.599. The monoisotopic (exact) mass is 213 g/mol. The number of piperidine rings is 1. The number of hydrogen-bond acceptors (Lipinski definition) is 3. The van der Waals surface area contributed by atoms with Crippen molar-refractivity contribution in [1.29, 1.82) is 0 Å². The topological polar surface area (TPSA) is 49.8 Å². The van der Waals surface area contributed by atoms with Crippen LogP contribution in [0.25, 0.3) is 0 Å². The molecule has 4 nitrogen and oxygen atoms in total. The van der Waals surface area contributed by atoms with Gasteiger partial charge in [0.25, 0.3) is 0 Å². The first-order chi connectivity index (χ1) is 7.22. The van der Waals surface area contributed by atoms with Crippen LogP contribution in [0.5, 0.6) is 0 Å². The van der Waals surface area contributed by atoms with Crippen molar-refractivity contribution in [3.05, 3.63) is 12.2 Å². The van der Waals surface area contributed by atoms with E-state index in [4.69, 9.17) is 9.84 Å². The van der Waals surface area contributed by atoms with Gasteiger partial charge >= 0.3 is 5.97 Å². The first-order valence-electron chi connectivity index (χ1n) is 5.33. The molecule has 1 unspecified atom stereocenters. The SMILES string of the molecule is COCC1CCCN(CC=CC(=O)O)C1. The van der Waals surface area contributed by atoms with E-state index in [0.717, 1.165) is 26.2 Å². The Morgan fingerprint density at radius 2 is 2.47 bits per heavy atom. The Hall–Kier alpha value is -0.870. The average Bonchev–Trinajstić information content (AvgIpc) is 2.18. The number of carboxylic acid groups (broad SMARTS) is 1. The van der Waals surface area contributed by atoms with E-state index in [-0.39, 0.29) is 0 Å². The Labute approximate surface area is 90.5 Å². The van der Waals surface area contributed by atoms with Gasteiger partial charge in [0.15, 0.2) is 0 Å². The third kappa shape index (κ3) is 4.95. The molecule has 1 heterocycles. The normalized spacial score (nSPS) is 23.4. The Kier molecular flexibility index (Phi) is 5.36. The maximum Gasteiger partial charge on any atom is 0.328 e. The Morgan fingerprint density at radius 3 is 3.13 bits per heavy atom. The van der Waals surface area contributed by atoms with Crippen LogP contribution in [0, 0.1) is 5.92 Å². The zero-order chi connectivity index (χ0) is 11.1. The summed E-state index contributed by atoms with van der Waals surface area (Å²) in [5.74, 6) is -0.276. The van der Waals surface area contributed by atoms with E-state index in [9.17, 15) is 4.79 Å². The van der Waals surface area contributed by atoms with Gasteiger partial charge in [-0.25, -0.2) is 4.79 Å². The van der Waals surface area contributed by atoms with Crippen molar-refractivity contribution < 1.29 is 14.6 Å². The maximum atomic E-state index is 10.3.